The Morgan fingerprint density at radius 2 is 1.70 bits per heavy atom. The molecule has 0 amide bonds. The topological polar surface area (TPSA) is 41.5 Å². The maximum absolute atomic E-state index is 13.4. The van der Waals surface area contributed by atoms with E-state index in [1.54, 1.807) is 12.1 Å². The van der Waals surface area contributed by atoms with Crippen LogP contribution >= 0.6 is 0 Å². The fourth-order valence-electron chi connectivity index (χ4n) is 4.56. The smallest absolute Gasteiger partial charge is 0.228 e. The summed E-state index contributed by atoms with van der Waals surface area (Å²) in [7, 11) is 0. The van der Waals surface area contributed by atoms with Crippen LogP contribution < -0.4 is 9.64 Å². The minimum atomic E-state index is -0.278. The van der Waals surface area contributed by atoms with Gasteiger partial charge in [-0.05, 0) is 55.5 Å². The van der Waals surface area contributed by atoms with Gasteiger partial charge in [0.25, 0.3) is 0 Å². The molecule has 0 saturated carbocycles. The quantitative estimate of drug-likeness (QED) is 0.517. The summed E-state index contributed by atoms with van der Waals surface area (Å²) in [6.07, 6.45) is 3.17. The highest BCUT2D eigenvalue weighted by molar-refractivity contribution is 5.44. The summed E-state index contributed by atoms with van der Waals surface area (Å²) in [5, 5.41) is 0. The Hall–Kier alpha value is -2.99. The summed E-state index contributed by atoms with van der Waals surface area (Å²) in [5.41, 5.74) is 4.67. The fraction of sp³-hybridized carbons (Fsp3) is 0.407. The third kappa shape index (κ3) is 5.17. The van der Waals surface area contributed by atoms with E-state index in [2.05, 4.69) is 47.9 Å². The Labute approximate surface area is 195 Å². The highest BCUT2D eigenvalue weighted by Gasteiger charge is 2.27. The van der Waals surface area contributed by atoms with Gasteiger partial charge in [0.15, 0.2) is 0 Å². The van der Waals surface area contributed by atoms with Crippen LogP contribution in [0.15, 0.2) is 48.5 Å². The molecule has 6 heteroatoms. The second-order valence-corrected chi connectivity index (χ2v) is 9.43. The third-order valence-corrected chi connectivity index (χ3v) is 6.71. The number of aromatic nitrogens is 2. The first-order valence-electron chi connectivity index (χ1n) is 11.9. The number of aryl methyl sites for hydroxylation is 1. The van der Waals surface area contributed by atoms with Crippen molar-refractivity contribution < 1.29 is 9.13 Å². The summed E-state index contributed by atoms with van der Waals surface area (Å²) < 4.78 is 19.7. The molecule has 33 heavy (non-hydrogen) atoms. The van der Waals surface area contributed by atoms with Gasteiger partial charge in [-0.15, -0.1) is 0 Å². The molecular weight excluding hydrogens is 415 g/mol. The number of rotatable bonds is 5. The minimum absolute atomic E-state index is 0.278. The zero-order valence-corrected chi connectivity index (χ0v) is 19.4. The lowest BCUT2D eigenvalue weighted by Crippen LogP contribution is -2.36. The van der Waals surface area contributed by atoms with Crippen LogP contribution in [0.2, 0.25) is 0 Å². The van der Waals surface area contributed by atoms with E-state index in [0.29, 0.717) is 11.6 Å². The van der Waals surface area contributed by atoms with Gasteiger partial charge < -0.3 is 9.64 Å². The van der Waals surface area contributed by atoms with E-state index in [1.807, 2.05) is 0 Å². The molecule has 0 radical (unpaired) electrons. The third-order valence-electron chi connectivity index (χ3n) is 6.71. The molecule has 0 bridgehead atoms. The molecule has 0 atom stereocenters. The fourth-order valence-corrected chi connectivity index (χ4v) is 4.56. The van der Waals surface area contributed by atoms with Crippen molar-refractivity contribution in [2.75, 3.05) is 24.5 Å². The Kier molecular flexibility index (Phi) is 6.27. The van der Waals surface area contributed by atoms with Crippen molar-refractivity contribution in [1.29, 1.82) is 0 Å². The number of piperidine rings is 1. The Balaban J connectivity index is 1.43. The molecule has 5 rings (SSSR count). The lowest BCUT2D eigenvalue weighted by molar-refractivity contribution is 0.238. The molecule has 2 aliphatic heterocycles. The van der Waals surface area contributed by atoms with E-state index in [9.17, 15) is 4.39 Å². The summed E-state index contributed by atoms with van der Waals surface area (Å²) in [4.78, 5) is 14.5. The number of ether oxygens (including phenoxy) is 1. The second kappa shape index (κ2) is 9.48. The first-order chi connectivity index (χ1) is 16.0. The predicted octanol–water partition coefficient (Wildman–Crippen LogP) is 5.51. The van der Waals surface area contributed by atoms with E-state index in [1.165, 1.54) is 23.3 Å². The first kappa shape index (κ1) is 21.8. The van der Waals surface area contributed by atoms with Crippen molar-refractivity contribution in [3.05, 3.63) is 76.7 Å². The van der Waals surface area contributed by atoms with Gasteiger partial charge in [-0.1, -0.05) is 36.8 Å². The summed E-state index contributed by atoms with van der Waals surface area (Å²) in [6, 6.07) is 14.8. The summed E-state index contributed by atoms with van der Waals surface area (Å²) in [6.45, 7) is 8.91. The van der Waals surface area contributed by atoms with Gasteiger partial charge in [0.1, 0.15) is 11.6 Å². The molecule has 0 spiro atoms. The van der Waals surface area contributed by atoms with E-state index in [0.717, 1.165) is 75.1 Å². The molecule has 172 valence electrons. The standard InChI is InChI=1S/C27H31FN4O/c1-19-3-5-21(6-4-19)17-31-14-13-25-24(18-31)26(33-23-9-7-22(28)8-10-23)30-27(29-25)32-15-11-20(2)12-16-32/h3-10,20H,11-18H2,1-2H3. The number of halogens is 1. The first-order valence-corrected chi connectivity index (χ1v) is 11.9. The average Bonchev–Trinajstić information content (AvgIpc) is 2.82. The zero-order valence-electron chi connectivity index (χ0n) is 19.4. The number of anilines is 1. The van der Waals surface area contributed by atoms with Crippen LogP contribution in [0.4, 0.5) is 10.3 Å². The Bertz CT molecular complexity index is 1090. The van der Waals surface area contributed by atoms with Crippen LogP contribution in [0.5, 0.6) is 11.6 Å². The average molecular weight is 447 g/mol. The maximum Gasteiger partial charge on any atom is 0.228 e. The van der Waals surface area contributed by atoms with Gasteiger partial charge in [0.2, 0.25) is 11.8 Å². The van der Waals surface area contributed by atoms with Crippen molar-refractivity contribution in [3.8, 4) is 11.6 Å². The molecule has 1 saturated heterocycles. The van der Waals surface area contributed by atoms with Gasteiger partial charge in [-0.25, -0.2) is 9.37 Å². The molecule has 0 N–H and O–H groups in total. The highest BCUT2D eigenvalue weighted by Crippen LogP contribution is 2.33. The monoisotopic (exact) mass is 446 g/mol. The molecule has 1 aromatic heterocycles. The van der Waals surface area contributed by atoms with Crippen LogP contribution in [0.25, 0.3) is 0 Å². The molecular formula is C27H31FN4O. The number of nitrogens with zero attached hydrogens (tertiary/aromatic N) is 4. The number of benzene rings is 2. The molecule has 2 aromatic carbocycles. The lowest BCUT2D eigenvalue weighted by atomic mass is 9.99. The highest BCUT2D eigenvalue weighted by atomic mass is 19.1. The van der Waals surface area contributed by atoms with E-state index < -0.39 is 0 Å². The molecule has 2 aliphatic rings. The molecule has 1 fully saturated rings. The van der Waals surface area contributed by atoms with E-state index >= 15 is 0 Å². The number of fused-ring (bicyclic) bond motifs is 1. The predicted molar refractivity (Wildman–Crippen MR) is 128 cm³/mol. The zero-order chi connectivity index (χ0) is 22.8. The van der Waals surface area contributed by atoms with Crippen molar-refractivity contribution >= 4 is 5.95 Å². The molecule has 3 aromatic rings. The van der Waals surface area contributed by atoms with Crippen molar-refractivity contribution in [1.82, 2.24) is 14.9 Å². The largest absolute Gasteiger partial charge is 0.438 e. The van der Waals surface area contributed by atoms with Crippen molar-refractivity contribution in [3.63, 3.8) is 0 Å². The van der Waals surface area contributed by atoms with Crippen LogP contribution in [-0.4, -0.2) is 34.5 Å². The van der Waals surface area contributed by atoms with Crippen LogP contribution in [-0.2, 0) is 19.5 Å². The molecule has 3 heterocycles. The summed E-state index contributed by atoms with van der Waals surface area (Å²) in [5.74, 6) is 2.40. The normalized spacial score (nSPS) is 17.1. The van der Waals surface area contributed by atoms with Gasteiger partial charge in [0, 0.05) is 39.1 Å². The van der Waals surface area contributed by atoms with Gasteiger partial charge >= 0.3 is 0 Å². The Morgan fingerprint density at radius 3 is 2.42 bits per heavy atom. The molecule has 0 aliphatic carbocycles. The van der Waals surface area contributed by atoms with Gasteiger partial charge in [-0.3, -0.25) is 4.90 Å². The van der Waals surface area contributed by atoms with Gasteiger partial charge in [-0.2, -0.15) is 4.98 Å². The van der Waals surface area contributed by atoms with Crippen LogP contribution in [0.3, 0.4) is 0 Å². The maximum atomic E-state index is 13.4. The lowest BCUT2D eigenvalue weighted by Gasteiger charge is -2.33. The Morgan fingerprint density at radius 1 is 0.970 bits per heavy atom. The SMILES string of the molecule is Cc1ccc(CN2CCc3nc(N4CCC(C)CC4)nc(Oc4ccc(F)cc4)c3C2)cc1. The summed E-state index contributed by atoms with van der Waals surface area (Å²) >= 11 is 0. The van der Waals surface area contributed by atoms with E-state index in [4.69, 9.17) is 14.7 Å². The van der Waals surface area contributed by atoms with E-state index in [-0.39, 0.29) is 5.82 Å². The van der Waals surface area contributed by atoms with Crippen LogP contribution in [0.1, 0.15) is 42.1 Å². The van der Waals surface area contributed by atoms with Gasteiger partial charge in [0.05, 0.1) is 11.3 Å². The number of hydrogen-bond acceptors (Lipinski definition) is 5. The minimum Gasteiger partial charge on any atom is -0.438 e. The molecule has 0 unspecified atom stereocenters. The number of hydrogen-bond donors (Lipinski definition) is 0. The van der Waals surface area contributed by atoms with Crippen molar-refractivity contribution in [2.24, 2.45) is 5.92 Å². The van der Waals surface area contributed by atoms with Crippen LogP contribution in [0, 0.1) is 18.7 Å². The second-order valence-electron chi connectivity index (χ2n) is 9.43. The molecule has 5 nitrogen and oxygen atoms in total. The van der Waals surface area contributed by atoms with Crippen molar-refractivity contribution in [2.45, 2.75) is 46.2 Å².